The third kappa shape index (κ3) is 4.97. The number of rotatable bonds is 4. The minimum Gasteiger partial charge on any atom is -0.204 e. The summed E-state index contributed by atoms with van der Waals surface area (Å²) >= 11 is 0. The molecule has 156 valence electrons. The van der Waals surface area contributed by atoms with Crippen molar-refractivity contribution in [2.75, 3.05) is 0 Å². The van der Waals surface area contributed by atoms with Crippen molar-refractivity contribution in [3.63, 3.8) is 0 Å². The molecule has 0 N–H and O–H groups in total. The van der Waals surface area contributed by atoms with E-state index in [1.165, 1.54) is 82.8 Å². The Morgan fingerprint density at radius 2 is 1.21 bits per heavy atom. The molecule has 0 aliphatic heterocycles. The largest absolute Gasteiger partial charge is 0.204 e. The third-order valence-electron chi connectivity index (χ3n) is 8.55. The van der Waals surface area contributed by atoms with E-state index in [0.29, 0.717) is 5.92 Å². The molecule has 3 aliphatic carbocycles. The lowest BCUT2D eigenvalue weighted by molar-refractivity contribution is 0.140. The van der Waals surface area contributed by atoms with Crippen molar-refractivity contribution in [2.45, 2.75) is 96.3 Å². The van der Waals surface area contributed by atoms with Gasteiger partial charge in [-0.05, 0) is 98.1 Å². The molecule has 1 aromatic rings. The van der Waals surface area contributed by atoms with Gasteiger partial charge in [-0.1, -0.05) is 51.5 Å². The highest BCUT2D eigenvalue weighted by Gasteiger charge is 2.32. The molecule has 0 bridgehead atoms. The van der Waals surface area contributed by atoms with Crippen LogP contribution in [0.15, 0.2) is 18.2 Å². The molecule has 4 rings (SSSR count). The topological polar surface area (TPSA) is 0 Å². The van der Waals surface area contributed by atoms with Gasteiger partial charge in [-0.25, -0.2) is 8.78 Å². The number of benzene rings is 1. The van der Waals surface area contributed by atoms with Crippen LogP contribution in [0.1, 0.15) is 102 Å². The van der Waals surface area contributed by atoms with E-state index in [-0.39, 0.29) is 0 Å². The maximum Gasteiger partial charge on any atom is 0.159 e. The van der Waals surface area contributed by atoms with Crippen molar-refractivity contribution in [1.82, 2.24) is 0 Å². The molecule has 0 atom stereocenters. The summed E-state index contributed by atoms with van der Waals surface area (Å²) in [5.41, 5.74) is 1.00. The molecule has 0 spiro atoms. The van der Waals surface area contributed by atoms with Gasteiger partial charge in [0.15, 0.2) is 11.6 Å². The molecular formula is C26H38F2. The van der Waals surface area contributed by atoms with E-state index >= 15 is 0 Å². The lowest BCUT2D eigenvalue weighted by atomic mass is 9.67. The lowest BCUT2D eigenvalue weighted by Gasteiger charge is -2.39. The molecular weight excluding hydrogens is 350 g/mol. The predicted octanol–water partition coefficient (Wildman–Crippen LogP) is 8.26. The summed E-state index contributed by atoms with van der Waals surface area (Å²) in [6, 6.07) is 4.52. The summed E-state index contributed by atoms with van der Waals surface area (Å²) in [6.45, 7) is 2.42. The summed E-state index contributed by atoms with van der Waals surface area (Å²) in [6.07, 6.45) is 18.0. The van der Waals surface area contributed by atoms with Gasteiger partial charge in [0.1, 0.15) is 0 Å². The van der Waals surface area contributed by atoms with Crippen LogP contribution in [0.4, 0.5) is 8.78 Å². The van der Waals surface area contributed by atoms with Crippen LogP contribution in [0.5, 0.6) is 0 Å². The normalized spacial score (nSPS) is 37.0. The smallest absolute Gasteiger partial charge is 0.159 e. The van der Waals surface area contributed by atoms with Gasteiger partial charge in [0.2, 0.25) is 0 Å². The number of hydrogen-bond acceptors (Lipinski definition) is 0. The van der Waals surface area contributed by atoms with Crippen LogP contribution in [0, 0.1) is 41.2 Å². The van der Waals surface area contributed by atoms with Gasteiger partial charge in [-0.3, -0.25) is 0 Å². The molecule has 0 radical (unpaired) electrons. The highest BCUT2D eigenvalue weighted by Crippen LogP contribution is 2.45. The number of hydrogen-bond donors (Lipinski definition) is 0. The quantitative estimate of drug-likeness (QED) is 0.487. The van der Waals surface area contributed by atoms with Gasteiger partial charge in [0.25, 0.3) is 0 Å². The van der Waals surface area contributed by atoms with Gasteiger partial charge in [-0.15, -0.1) is 0 Å². The lowest BCUT2D eigenvalue weighted by Crippen LogP contribution is -2.26. The third-order valence-corrected chi connectivity index (χ3v) is 8.55. The summed E-state index contributed by atoms with van der Waals surface area (Å²) in [5, 5.41) is 0. The van der Waals surface area contributed by atoms with Crippen molar-refractivity contribution in [1.29, 1.82) is 0 Å². The molecule has 3 saturated carbocycles. The Morgan fingerprint density at radius 3 is 1.79 bits per heavy atom. The molecule has 0 heterocycles. The highest BCUT2D eigenvalue weighted by atomic mass is 19.2. The van der Waals surface area contributed by atoms with Gasteiger partial charge in [0.05, 0.1) is 0 Å². The highest BCUT2D eigenvalue weighted by molar-refractivity contribution is 5.22. The van der Waals surface area contributed by atoms with Gasteiger partial charge >= 0.3 is 0 Å². The Hall–Kier alpha value is -0.920. The zero-order valence-corrected chi connectivity index (χ0v) is 17.6. The second kappa shape index (κ2) is 9.26. The van der Waals surface area contributed by atoms with E-state index in [2.05, 4.69) is 6.92 Å². The first-order chi connectivity index (χ1) is 13.6. The zero-order chi connectivity index (χ0) is 19.5. The molecule has 0 aromatic heterocycles. The van der Waals surface area contributed by atoms with Crippen LogP contribution >= 0.6 is 0 Å². The van der Waals surface area contributed by atoms with Crippen molar-refractivity contribution < 1.29 is 8.78 Å². The van der Waals surface area contributed by atoms with Crippen molar-refractivity contribution >= 4 is 0 Å². The minimum atomic E-state index is -0.725. The van der Waals surface area contributed by atoms with Crippen molar-refractivity contribution in [3.05, 3.63) is 35.4 Å². The van der Waals surface area contributed by atoms with Crippen LogP contribution in [0.2, 0.25) is 0 Å². The first-order valence-corrected chi connectivity index (χ1v) is 12.0. The molecule has 1 aromatic carbocycles. The van der Waals surface area contributed by atoms with E-state index in [4.69, 9.17) is 0 Å². The fraction of sp³-hybridized carbons (Fsp3) is 0.769. The van der Waals surface area contributed by atoms with Crippen LogP contribution in [-0.2, 0) is 0 Å². The van der Waals surface area contributed by atoms with E-state index in [0.717, 1.165) is 48.0 Å². The standard InChI is InChI=1S/C26H38F2/c1-18-2-4-19(5-3-18)16-20-6-8-21(9-7-20)22-10-12-23(13-11-22)24-14-15-25(27)26(28)17-24/h14-15,17-23H,2-13,16H2,1H3. The molecule has 0 amide bonds. The Morgan fingerprint density at radius 1 is 0.679 bits per heavy atom. The first kappa shape index (κ1) is 20.4. The predicted molar refractivity (Wildman–Crippen MR) is 112 cm³/mol. The average Bonchev–Trinajstić information content (AvgIpc) is 2.72. The maximum atomic E-state index is 13.6. The molecule has 28 heavy (non-hydrogen) atoms. The molecule has 2 heteroatoms. The Balaban J connectivity index is 1.20. The first-order valence-electron chi connectivity index (χ1n) is 12.0. The van der Waals surface area contributed by atoms with Crippen LogP contribution < -0.4 is 0 Å². The molecule has 3 fully saturated rings. The SMILES string of the molecule is CC1CCC(CC2CCC(C3CCC(c4ccc(F)c(F)c4)CC3)CC2)CC1. The molecule has 3 aliphatic rings. The summed E-state index contributed by atoms with van der Waals surface area (Å²) in [5.74, 6) is 3.79. The maximum absolute atomic E-state index is 13.6. The molecule has 0 nitrogen and oxygen atoms in total. The fourth-order valence-electron chi connectivity index (χ4n) is 6.62. The van der Waals surface area contributed by atoms with E-state index in [1.54, 1.807) is 6.07 Å². The van der Waals surface area contributed by atoms with Crippen LogP contribution in [-0.4, -0.2) is 0 Å². The average molecular weight is 389 g/mol. The van der Waals surface area contributed by atoms with Crippen molar-refractivity contribution in [2.24, 2.45) is 29.6 Å². The second-order valence-corrected chi connectivity index (χ2v) is 10.4. The molecule has 0 unspecified atom stereocenters. The number of halogens is 2. The van der Waals surface area contributed by atoms with Gasteiger partial charge in [0, 0.05) is 0 Å². The van der Waals surface area contributed by atoms with E-state index in [1.807, 2.05) is 0 Å². The summed E-state index contributed by atoms with van der Waals surface area (Å²) in [7, 11) is 0. The van der Waals surface area contributed by atoms with Crippen LogP contribution in [0.3, 0.4) is 0 Å². The van der Waals surface area contributed by atoms with Crippen LogP contribution in [0.25, 0.3) is 0 Å². The second-order valence-electron chi connectivity index (χ2n) is 10.4. The Bertz CT molecular complexity index is 615. The Labute approximate surface area is 170 Å². The van der Waals surface area contributed by atoms with E-state index in [9.17, 15) is 8.78 Å². The molecule has 0 saturated heterocycles. The fourth-order valence-corrected chi connectivity index (χ4v) is 6.62. The Kier molecular flexibility index (Phi) is 6.74. The van der Waals surface area contributed by atoms with Gasteiger partial charge in [-0.2, -0.15) is 0 Å². The summed E-state index contributed by atoms with van der Waals surface area (Å²) < 4.78 is 26.7. The van der Waals surface area contributed by atoms with Gasteiger partial charge < -0.3 is 0 Å². The summed E-state index contributed by atoms with van der Waals surface area (Å²) in [4.78, 5) is 0. The minimum absolute atomic E-state index is 0.427. The van der Waals surface area contributed by atoms with E-state index < -0.39 is 11.6 Å². The zero-order valence-electron chi connectivity index (χ0n) is 17.6. The monoisotopic (exact) mass is 388 g/mol. The van der Waals surface area contributed by atoms with Crippen molar-refractivity contribution in [3.8, 4) is 0 Å².